The van der Waals surface area contributed by atoms with Crippen LogP contribution in [0.5, 0.6) is 0 Å². The zero-order valence-electron chi connectivity index (χ0n) is 16.6. The van der Waals surface area contributed by atoms with E-state index in [0.717, 1.165) is 5.56 Å². The van der Waals surface area contributed by atoms with Crippen LogP contribution in [-0.2, 0) is 16.9 Å². The van der Waals surface area contributed by atoms with Gasteiger partial charge in [0, 0.05) is 6.54 Å². The van der Waals surface area contributed by atoms with Gasteiger partial charge in [0.15, 0.2) is 5.96 Å². The van der Waals surface area contributed by atoms with E-state index in [4.69, 9.17) is 9.15 Å². The summed E-state index contributed by atoms with van der Waals surface area (Å²) in [6, 6.07) is 11.1. The Morgan fingerprint density at radius 1 is 1.29 bits per heavy atom. The van der Waals surface area contributed by atoms with Gasteiger partial charge in [0.2, 0.25) is 0 Å². The molecule has 0 aliphatic rings. The van der Waals surface area contributed by atoms with E-state index in [1.807, 2.05) is 37.3 Å². The molecule has 0 amide bonds. The summed E-state index contributed by atoms with van der Waals surface area (Å²) in [5, 5.41) is 17.0. The number of hydrogen-bond donors (Lipinski definition) is 3. The first-order chi connectivity index (χ1) is 12.9. The van der Waals surface area contributed by atoms with E-state index in [1.54, 1.807) is 19.9 Å². The van der Waals surface area contributed by atoms with Gasteiger partial charge in [-0.3, -0.25) is 0 Å². The number of esters is 1. The van der Waals surface area contributed by atoms with Crippen LogP contribution < -0.4 is 10.6 Å². The van der Waals surface area contributed by atoms with Crippen LogP contribution in [0.3, 0.4) is 0 Å². The number of aliphatic imine (C=N–C) groups is 1. The van der Waals surface area contributed by atoms with Crippen LogP contribution in [0.1, 0.15) is 41.3 Å². The molecular formula is C20H28IN3O4. The average Bonchev–Trinajstić information content (AvgIpc) is 3.04. The number of hydrogen-bond acceptors (Lipinski definition) is 5. The molecule has 2 aromatic rings. The molecule has 0 aliphatic carbocycles. The fourth-order valence-corrected chi connectivity index (χ4v) is 2.59. The molecule has 2 rings (SSSR count). The van der Waals surface area contributed by atoms with Crippen molar-refractivity contribution in [2.45, 2.75) is 32.9 Å². The molecule has 0 bridgehead atoms. The number of methoxy groups -OCH3 is 1. The van der Waals surface area contributed by atoms with Crippen molar-refractivity contribution >= 4 is 35.9 Å². The Kier molecular flexibility index (Phi) is 9.47. The number of aliphatic hydroxyl groups is 1. The van der Waals surface area contributed by atoms with Crippen molar-refractivity contribution in [2.24, 2.45) is 4.99 Å². The predicted octanol–water partition coefficient (Wildman–Crippen LogP) is 2.96. The highest BCUT2D eigenvalue weighted by Crippen LogP contribution is 2.19. The second-order valence-corrected chi connectivity index (χ2v) is 6.36. The van der Waals surface area contributed by atoms with Crippen LogP contribution in [0, 0.1) is 6.92 Å². The summed E-state index contributed by atoms with van der Waals surface area (Å²) < 4.78 is 10.3. The van der Waals surface area contributed by atoms with Crippen LogP contribution in [0.15, 0.2) is 45.8 Å². The summed E-state index contributed by atoms with van der Waals surface area (Å²) in [6.07, 6.45) is 0. The van der Waals surface area contributed by atoms with Gasteiger partial charge in [0.05, 0.1) is 13.7 Å². The van der Waals surface area contributed by atoms with Crippen LogP contribution in [0.25, 0.3) is 0 Å². The Balaban J connectivity index is 0.00000392. The van der Waals surface area contributed by atoms with Crippen molar-refractivity contribution in [2.75, 3.05) is 20.2 Å². The molecule has 8 heteroatoms. The first-order valence-electron chi connectivity index (χ1n) is 8.85. The fourth-order valence-electron chi connectivity index (χ4n) is 2.59. The number of halogens is 1. The number of nitrogens with one attached hydrogen (secondary N) is 2. The number of carbonyl (C=O) groups is 1. The van der Waals surface area contributed by atoms with Gasteiger partial charge in [-0.1, -0.05) is 30.3 Å². The highest BCUT2D eigenvalue weighted by atomic mass is 127. The Morgan fingerprint density at radius 3 is 2.57 bits per heavy atom. The quantitative estimate of drug-likeness (QED) is 0.234. The van der Waals surface area contributed by atoms with Crippen LogP contribution >= 0.6 is 24.0 Å². The van der Waals surface area contributed by atoms with E-state index in [-0.39, 0.29) is 37.1 Å². The number of benzene rings is 1. The Morgan fingerprint density at radius 2 is 1.96 bits per heavy atom. The smallest absolute Gasteiger partial charge is 0.341 e. The van der Waals surface area contributed by atoms with Crippen molar-refractivity contribution in [3.63, 3.8) is 0 Å². The second-order valence-electron chi connectivity index (χ2n) is 6.36. The molecule has 0 aliphatic heterocycles. The first kappa shape index (κ1) is 24.0. The standard InChI is InChI=1S/C20H27N3O4.HI/c1-5-21-19(23-13-20(3,25)15-9-7-6-8-10-15)22-12-16-11-17(14(2)27-16)18(24)26-4;/h6-11,25H,5,12-13H2,1-4H3,(H2,21,22,23);1H. The van der Waals surface area contributed by atoms with E-state index in [0.29, 0.717) is 29.6 Å². The number of nitrogens with zero attached hydrogens (tertiary/aromatic N) is 1. The second kappa shape index (κ2) is 11.1. The van der Waals surface area contributed by atoms with Gasteiger partial charge in [0.25, 0.3) is 0 Å². The molecule has 1 atom stereocenters. The third-order valence-electron chi connectivity index (χ3n) is 4.11. The van der Waals surface area contributed by atoms with E-state index in [1.165, 1.54) is 7.11 Å². The predicted molar refractivity (Wildman–Crippen MR) is 119 cm³/mol. The molecule has 1 heterocycles. The molecule has 1 aromatic carbocycles. The van der Waals surface area contributed by atoms with Gasteiger partial charge < -0.3 is 24.9 Å². The van der Waals surface area contributed by atoms with Gasteiger partial charge in [-0.2, -0.15) is 0 Å². The fraction of sp³-hybridized carbons (Fsp3) is 0.400. The lowest BCUT2D eigenvalue weighted by Crippen LogP contribution is -2.44. The number of carbonyl (C=O) groups excluding carboxylic acids is 1. The molecule has 3 N–H and O–H groups in total. The van der Waals surface area contributed by atoms with Crippen LogP contribution in [-0.4, -0.2) is 37.2 Å². The number of furan rings is 1. The largest absolute Gasteiger partial charge is 0.465 e. The minimum Gasteiger partial charge on any atom is -0.465 e. The maximum absolute atomic E-state index is 11.7. The Labute approximate surface area is 182 Å². The summed E-state index contributed by atoms with van der Waals surface area (Å²) in [4.78, 5) is 16.1. The molecule has 1 unspecified atom stereocenters. The van der Waals surface area contributed by atoms with Crippen molar-refractivity contribution in [1.29, 1.82) is 0 Å². The Bertz CT molecular complexity index is 788. The van der Waals surface area contributed by atoms with Gasteiger partial charge in [-0.15, -0.1) is 24.0 Å². The summed E-state index contributed by atoms with van der Waals surface area (Å²) in [5.41, 5.74) is 0.168. The van der Waals surface area contributed by atoms with Gasteiger partial charge in [-0.05, 0) is 32.4 Å². The molecule has 0 saturated heterocycles. The van der Waals surface area contributed by atoms with Crippen molar-refractivity contribution in [3.8, 4) is 0 Å². The molecule has 0 radical (unpaired) electrons. The minimum atomic E-state index is -1.04. The van der Waals surface area contributed by atoms with Gasteiger partial charge >= 0.3 is 5.97 Å². The van der Waals surface area contributed by atoms with Crippen molar-refractivity contribution < 1.29 is 19.1 Å². The highest BCUT2D eigenvalue weighted by molar-refractivity contribution is 14.0. The molecule has 0 spiro atoms. The number of rotatable bonds is 7. The van der Waals surface area contributed by atoms with Gasteiger partial charge in [-0.25, -0.2) is 9.79 Å². The zero-order valence-corrected chi connectivity index (χ0v) is 18.9. The summed E-state index contributed by atoms with van der Waals surface area (Å²) in [5.74, 6) is 1.16. The van der Waals surface area contributed by atoms with Crippen molar-refractivity contribution in [1.82, 2.24) is 10.6 Å². The summed E-state index contributed by atoms with van der Waals surface area (Å²) in [6.45, 7) is 6.62. The third kappa shape index (κ3) is 6.52. The van der Waals surface area contributed by atoms with E-state index in [9.17, 15) is 9.90 Å². The lowest BCUT2D eigenvalue weighted by atomic mass is 9.96. The number of guanidine groups is 1. The highest BCUT2D eigenvalue weighted by Gasteiger charge is 2.23. The average molecular weight is 501 g/mol. The molecule has 0 saturated carbocycles. The molecule has 7 nitrogen and oxygen atoms in total. The van der Waals surface area contributed by atoms with Crippen LogP contribution in [0.4, 0.5) is 0 Å². The lowest BCUT2D eigenvalue weighted by Gasteiger charge is -2.25. The van der Waals surface area contributed by atoms with E-state index >= 15 is 0 Å². The topological polar surface area (TPSA) is 96.1 Å². The molecular weight excluding hydrogens is 473 g/mol. The molecule has 154 valence electrons. The molecule has 1 aromatic heterocycles. The normalized spacial score (nSPS) is 13.2. The first-order valence-corrected chi connectivity index (χ1v) is 8.85. The third-order valence-corrected chi connectivity index (χ3v) is 4.11. The minimum absolute atomic E-state index is 0. The number of aryl methyl sites for hydroxylation is 1. The molecule has 0 fully saturated rings. The summed E-state index contributed by atoms with van der Waals surface area (Å²) in [7, 11) is 1.33. The van der Waals surface area contributed by atoms with Crippen LogP contribution in [0.2, 0.25) is 0 Å². The SMILES string of the molecule is CCNC(=NCc1cc(C(=O)OC)c(C)o1)NCC(C)(O)c1ccccc1.I. The maximum atomic E-state index is 11.7. The summed E-state index contributed by atoms with van der Waals surface area (Å²) >= 11 is 0. The van der Waals surface area contributed by atoms with E-state index < -0.39 is 11.6 Å². The molecule has 28 heavy (non-hydrogen) atoms. The number of ether oxygens (including phenoxy) is 1. The van der Waals surface area contributed by atoms with E-state index in [2.05, 4.69) is 15.6 Å². The van der Waals surface area contributed by atoms with Crippen molar-refractivity contribution in [3.05, 3.63) is 59.0 Å². The zero-order chi connectivity index (χ0) is 19.9. The monoisotopic (exact) mass is 501 g/mol. The Hall–Kier alpha value is -2.07. The lowest BCUT2D eigenvalue weighted by molar-refractivity contribution is 0.0597. The maximum Gasteiger partial charge on any atom is 0.341 e. The van der Waals surface area contributed by atoms with Gasteiger partial charge in [0.1, 0.15) is 29.2 Å².